The normalized spacial score (nSPS) is 55.5. The van der Waals surface area contributed by atoms with E-state index in [2.05, 4.69) is 13.8 Å². The van der Waals surface area contributed by atoms with Crippen molar-refractivity contribution < 1.29 is 68.6 Å². The van der Waals surface area contributed by atoms with E-state index in [0.29, 0.717) is 18.3 Å². The predicted octanol–water partition coefficient (Wildman–Crippen LogP) is 2.22. The molecule has 4 aliphatic heterocycles. The highest BCUT2D eigenvalue weighted by atomic mass is 16.7. The third-order valence-electron chi connectivity index (χ3n) is 15.8. The van der Waals surface area contributed by atoms with Crippen LogP contribution in [0, 0.1) is 34.5 Å². The van der Waals surface area contributed by atoms with Crippen molar-refractivity contribution in [3.63, 3.8) is 0 Å². The van der Waals surface area contributed by atoms with Gasteiger partial charge < -0.3 is 63.8 Å². The van der Waals surface area contributed by atoms with Crippen LogP contribution in [0.5, 0.6) is 0 Å². The van der Waals surface area contributed by atoms with E-state index in [0.717, 1.165) is 50.5 Å². The van der Waals surface area contributed by atoms with Crippen molar-refractivity contribution in [2.45, 2.75) is 197 Å². The van der Waals surface area contributed by atoms with Crippen LogP contribution in [0.4, 0.5) is 0 Å². The van der Waals surface area contributed by atoms with E-state index in [4.69, 9.17) is 33.2 Å². The Morgan fingerprint density at radius 3 is 1.87 bits per heavy atom. The highest BCUT2D eigenvalue weighted by Crippen LogP contribution is 2.70. The number of fused-ring (bicyclic) bond motifs is 5. The van der Waals surface area contributed by atoms with E-state index >= 15 is 0 Å². The van der Waals surface area contributed by atoms with Crippen LogP contribution in [0.25, 0.3) is 0 Å². The van der Waals surface area contributed by atoms with Crippen molar-refractivity contribution in [2.75, 3.05) is 6.61 Å². The maximum absolute atomic E-state index is 12.6. The lowest BCUT2D eigenvalue weighted by Crippen LogP contribution is -2.62. The largest absolute Gasteiger partial charge is 0.458 e. The van der Waals surface area contributed by atoms with Gasteiger partial charge in [0.05, 0.1) is 54.4 Å². The molecular formula is C41H64O14. The first-order chi connectivity index (χ1) is 26.0. The van der Waals surface area contributed by atoms with Crippen LogP contribution in [0.3, 0.4) is 0 Å². The lowest BCUT2D eigenvalue weighted by molar-refractivity contribution is -0.336. The Hall–Kier alpha value is -1.27. The number of hydrogen-bond acceptors (Lipinski definition) is 14. The van der Waals surface area contributed by atoms with Crippen molar-refractivity contribution in [3.05, 3.63) is 11.6 Å². The van der Waals surface area contributed by atoms with Gasteiger partial charge in [0.15, 0.2) is 18.9 Å². The molecule has 0 aromatic rings. The molecule has 8 rings (SSSR count). The van der Waals surface area contributed by atoms with Crippen LogP contribution in [-0.4, -0.2) is 135 Å². The summed E-state index contributed by atoms with van der Waals surface area (Å²) in [6.07, 6.45) is -1.26. The Kier molecular flexibility index (Phi) is 11.1. The van der Waals surface area contributed by atoms with E-state index < -0.39 is 90.9 Å². The molecular weight excluding hydrogens is 716 g/mol. The number of hydrogen-bond donors (Lipinski definition) is 6. The molecule has 4 aliphatic carbocycles. The van der Waals surface area contributed by atoms with Gasteiger partial charge in [-0.2, -0.15) is 0 Å². The summed E-state index contributed by atoms with van der Waals surface area (Å²) in [5.74, 6) is 0.174. The van der Waals surface area contributed by atoms with Crippen LogP contribution in [0.15, 0.2) is 11.6 Å². The number of cyclic esters (lactones) is 1. The van der Waals surface area contributed by atoms with Crippen molar-refractivity contribution in [3.8, 4) is 0 Å². The van der Waals surface area contributed by atoms with E-state index in [9.17, 15) is 35.4 Å². The highest BCUT2D eigenvalue weighted by Gasteiger charge is 2.70. The molecule has 0 amide bonds. The molecule has 14 nitrogen and oxygen atoms in total. The fourth-order valence-electron chi connectivity index (χ4n) is 12.9. The Morgan fingerprint density at radius 2 is 1.29 bits per heavy atom. The van der Waals surface area contributed by atoms with E-state index in [1.807, 2.05) is 6.92 Å². The SMILES string of the molecule is C[C@@H]1O[C@H](O[C@@H]2[C@H](O)C[C@H](O[C@@H]3[C@H](O)C[C@H](O[C@@H]4CC[C@]5(C)[C@H](CC[C@@H]6[C@@H]5CC[C@]5(C)[C@H](C7=CC(=O)OC7)[C@H](O)C[C@@]65O)C4)O[C@@H]3C)O[C@@H]2C)C[C@H](O)[C@H]1O. The molecule has 0 unspecified atom stereocenters. The summed E-state index contributed by atoms with van der Waals surface area (Å²) in [7, 11) is 0. The zero-order valence-electron chi connectivity index (χ0n) is 32.9. The molecule has 4 heterocycles. The molecule has 8 aliphatic rings. The van der Waals surface area contributed by atoms with Gasteiger partial charge in [-0.05, 0) is 94.5 Å². The fraction of sp³-hybridized carbons (Fsp3) is 0.927. The summed E-state index contributed by atoms with van der Waals surface area (Å²) in [4.78, 5) is 12.0. The zero-order chi connectivity index (χ0) is 39.2. The predicted molar refractivity (Wildman–Crippen MR) is 193 cm³/mol. The molecule has 4 saturated carbocycles. The van der Waals surface area contributed by atoms with Gasteiger partial charge in [0.1, 0.15) is 24.9 Å². The first-order valence-corrected chi connectivity index (χ1v) is 20.9. The summed E-state index contributed by atoms with van der Waals surface area (Å²) in [6, 6.07) is 0. The zero-order valence-corrected chi connectivity index (χ0v) is 32.9. The average Bonchev–Trinajstić information content (AvgIpc) is 3.62. The van der Waals surface area contributed by atoms with E-state index in [1.165, 1.54) is 6.08 Å². The van der Waals surface area contributed by atoms with Crippen LogP contribution in [-0.2, 0) is 38.0 Å². The molecule has 21 atom stereocenters. The van der Waals surface area contributed by atoms with Gasteiger partial charge in [-0.3, -0.25) is 0 Å². The first-order valence-electron chi connectivity index (χ1n) is 20.9. The number of carbonyl (C=O) groups is 1. The maximum atomic E-state index is 12.6. The summed E-state index contributed by atoms with van der Waals surface area (Å²) < 4.78 is 42.1. The van der Waals surface area contributed by atoms with Gasteiger partial charge in [-0.25, -0.2) is 4.79 Å². The van der Waals surface area contributed by atoms with E-state index in [-0.39, 0.29) is 55.2 Å². The van der Waals surface area contributed by atoms with Gasteiger partial charge in [0.2, 0.25) is 0 Å². The second kappa shape index (κ2) is 15.1. The lowest BCUT2D eigenvalue weighted by Gasteiger charge is -2.63. The Morgan fingerprint density at radius 1 is 0.691 bits per heavy atom. The number of aliphatic hydroxyl groups excluding tert-OH is 5. The number of esters is 1. The minimum Gasteiger partial charge on any atom is -0.458 e. The van der Waals surface area contributed by atoms with Crippen molar-refractivity contribution in [2.24, 2.45) is 34.5 Å². The topological polar surface area (TPSA) is 203 Å². The highest BCUT2D eigenvalue weighted by molar-refractivity contribution is 5.85. The molecule has 0 aromatic carbocycles. The summed E-state index contributed by atoms with van der Waals surface area (Å²) in [5.41, 5.74) is -0.686. The molecule has 55 heavy (non-hydrogen) atoms. The molecule has 0 spiro atoms. The summed E-state index contributed by atoms with van der Waals surface area (Å²) in [5, 5.41) is 66.3. The van der Waals surface area contributed by atoms with Gasteiger partial charge in [-0.1, -0.05) is 13.8 Å². The van der Waals surface area contributed by atoms with Crippen LogP contribution < -0.4 is 0 Å². The van der Waals surface area contributed by atoms with Crippen molar-refractivity contribution >= 4 is 5.97 Å². The molecule has 7 fully saturated rings. The third kappa shape index (κ3) is 7.05. The summed E-state index contributed by atoms with van der Waals surface area (Å²) in [6.45, 7) is 9.98. The Bertz CT molecular complexity index is 1410. The van der Waals surface area contributed by atoms with Gasteiger partial charge in [0.25, 0.3) is 0 Å². The molecule has 6 N–H and O–H groups in total. The number of aliphatic hydroxyl groups is 6. The average molecular weight is 781 g/mol. The second-order valence-corrected chi connectivity index (χ2v) is 18.9. The monoisotopic (exact) mass is 780 g/mol. The minimum absolute atomic E-state index is 0.0203. The molecule has 14 heteroatoms. The molecule has 0 aromatic heterocycles. The number of rotatable bonds is 7. The Balaban J connectivity index is 0.834. The number of ether oxygens (including phenoxy) is 7. The van der Waals surface area contributed by atoms with Gasteiger partial charge in [0, 0.05) is 43.1 Å². The van der Waals surface area contributed by atoms with Crippen molar-refractivity contribution in [1.82, 2.24) is 0 Å². The van der Waals surface area contributed by atoms with Gasteiger partial charge in [-0.15, -0.1) is 0 Å². The van der Waals surface area contributed by atoms with E-state index in [1.54, 1.807) is 13.8 Å². The van der Waals surface area contributed by atoms with Crippen LogP contribution in [0.2, 0.25) is 0 Å². The fourth-order valence-corrected chi connectivity index (χ4v) is 12.9. The van der Waals surface area contributed by atoms with Crippen LogP contribution >= 0.6 is 0 Å². The minimum atomic E-state index is -1.01. The van der Waals surface area contributed by atoms with Crippen LogP contribution in [0.1, 0.15) is 105 Å². The summed E-state index contributed by atoms with van der Waals surface area (Å²) >= 11 is 0. The molecule has 0 radical (unpaired) electrons. The molecule has 3 saturated heterocycles. The molecule has 0 bridgehead atoms. The Labute approximate surface area is 323 Å². The maximum Gasteiger partial charge on any atom is 0.331 e. The first kappa shape index (κ1) is 40.5. The number of carbonyl (C=O) groups excluding carboxylic acids is 1. The molecule has 312 valence electrons. The third-order valence-corrected chi connectivity index (χ3v) is 15.8. The van der Waals surface area contributed by atoms with Crippen molar-refractivity contribution in [1.29, 1.82) is 0 Å². The standard InChI is InChI=1S/C41H64O14/c1-19-36(47)27(42)14-33(50-19)54-38-21(3)52-34(16-29(38)44)55-37-20(2)51-32(15-28(37)43)53-24-8-10-39(4)23(13-24)6-7-26-25(39)9-11-40(5)35(22-12-31(46)49-18-22)30(45)17-41(26,40)48/h12,19-21,23-30,32-38,42-45,47-48H,6-11,13-18H2,1-5H3/t19-,20+,21+,23+,24+,25-,26+,27-,28+,29+,30+,32-,33+,34-,35+,36-,37-,38-,39+,40+,41+/m0/s1. The quantitative estimate of drug-likeness (QED) is 0.162. The second-order valence-electron chi connectivity index (χ2n) is 18.9. The smallest absolute Gasteiger partial charge is 0.331 e. The van der Waals surface area contributed by atoms with Gasteiger partial charge >= 0.3 is 5.97 Å². The lowest BCUT2D eigenvalue weighted by atomic mass is 9.43.